The molecular formula is C13H16N4O. The normalized spacial score (nSPS) is 19.0. The molecule has 94 valence electrons. The zero-order valence-corrected chi connectivity index (χ0v) is 10.4. The van der Waals surface area contributed by atoms with E-state index in [-0.39, 0.29) is 6.04 Å². The van der Waals surface area contributed by atoms with Crippen molar-refractivity contribution in [3.8, 4) is 0 Å². The number of nitrogens with one attached hydrogen (secondary N) is 1. The Balaban J connectivity index is 2.22. The maximum Gasteiger partial charge on any atom is 0.214 e. The summed E-state index contributed by atoms with van der Waals surface area (Å²) < 4.78 is 0. The second-order valence-corrected chi connectivity index (χ2v) is 4.20. The van der Waals surface area contributed by atoms with Crippen molar-refractivity contribution in [3.05, 3.63) is 47.6 Å². The van der Waals surface area contributed by atoms with Gasteiger partial charge in [-0.1, -0.05) is 6.07 Å². The van der Waals surface area contributed by atoms with Crippen molar-refractivity contribution in [2.45, 2.75) is 19.9 Å². The first kappa shape index (κ1) is 12.2. The Bertz CT molecular complexity index is 521. The second kappa shape index (κ2) is 4.91. The molecule has 2 heterocycles. The Morgan fingerprint density at radius 2 is 2.28 bits per heavy atom. The molecule has 1 aromatic rings. The first-order chi connectivity index (χ1) is 8.61. The van der Waals surface area contributed by atoms with Gasteiger partial charge in [0.15, 0.2) is 0 Å². The first-order valence-corrected chi connectivity index (χ1v) is 5.73. The molecule has 0 spiro atoms. The molecule has 0 aliphatic carbocycles. The molecule has 1 aliphatic rings. The Labute approximate surface area is 106 Å². The van der Waals surface area contributed by atoms with Gasteiger partial charge in [0.2, 0.25) is 6.41 Å². The van der Waals surface area contributed by atoms with Gasteiger partial charge in [0, 0.05) is 11.9 Å². The van der Waals surface area contributed by atoms with E-state index in [0.717, 1.165) is 23.6 Å². The van der Waals surface area contributed by atoms with Crippen molar-refractivity contribution in [2.24, 2.45) is 5.73 Å². The van der Waals surface area contributed by atoms with Crippen molar-refractivity contribution >= 4 is 12.2 Å². The zero-order chi connectivity index (χ0) is 13.1. The third kappa shape index (κ3) is 2.34. The van der Waals surface area contributed by atoms with Crippen molar-refractivity contribution in [1.29, 1.82) is 0 Å². The molecule has 3 N–H and O–H groups in total. The molecular weight excluding hydrogens is 228 g/mol. The van der Waals surface area contributed by atoms with E-state index in [1.165, 1.54) is 4.90 Å². The lowest BCUT2D eigenvalue weighted by atomic mass is 10.1. The van der Waals surface area contributed by atoms with E-state index >= 15 is 0 Å². The minimum absolute atomic E-state index is 0.153. The lowest BCUT2D eigenvalue weighted by molar-refractivity contribution is -0.116. The molecule has 0 bridgehead atoms. The van der Waals surface area contributed by atoms with E-state index in [1.807, 2.05) is 32.0 Å². The van der Waals surface area contributed by atoms with Crippen molar-refractivity contribution in [1.82, 2.24) is 9.88 Å². The standard InChI is InChI=1S/C13H16N4O/c1-9-4-3-5-12(15-9)16-11-6-7-17(8-18)10(2)13(11)14/h3-8,10H,14H2,1-2H3,(H,15,16). The summed E-state index contributed by atoms with van der Waals surface area (Å²) in [4.78, 5) is 16.7. The molecule has 1 aromatic heterocycles. The Kier molecular flexibility index (Phi) is 3.32. The van der Waals surface area contributed by atoms with Gasteiger partial charge >= 0.3 is 0 Å². The van der Waals surface area contributed by atoms with Crippen LogP contribution in [0.5, 0.6) is 0 Å². The monoisotopic (exact) mass is 244 g/mol. The van der Waals surface area contributed by atoms with Gasteiger partial charge in [-0.3, -0.25) is 4.79 Å². The highest BCUT2D eigenvalue weighted by Crippen LogP contribution is 2.18. The van der Waals surface area contributed by atoms with Crippen molar-refractivity contribution < 1.29 is 4.79 Å². The Morgan fingerprint density at radius 3 is 2.94 bits per heavy atom. The fourth-order valence-electron chi connectivity index (χ4n) is 1.76. The topological polar surface area (TPSA) is 71.2 Å². The van der Waals surface area contributed by atoms with Gasteiger partial charge in [-0.25, -0.2) is 4.98 Å². The summed E-state index contributed by atoms with van der Waals surface area (Å²) in [6.45, 7) is 3.80. The molecule has 0 aromatic carbocycles. The number of rotatable bonds is 3. The molecule has 0 saturated carbocycles. The average Bonchev–Trinajstić information content (AvgIpc) is 2.35. The van der Waals surface area contributed by atoms with Crippen LogP contribution in [-0.2, 0) is 4.79 Å². The predicted molar refractivity (Wildman–Crippen MR) is 70.3 cm³/mol. The number of anilines is 1. The minimum atomic E-state index is -0.153. The highest BCUT2D eigenvalue weighted by Gasteiger charge is 2.19. The van der Waals surface area contributed by atoms with Crippen LogP contribution in [0.3, 0.4) is 0 Å². The third-order valence-corrected chi connectivity index (χ3v) is 2.89. The molecule has 5 heteroatoms. The molecule has 1 aliphatic heterocycles. The second-order valence-electron chi connectivity index (χ2n) is 4.20. The highest BCUT2D eigenvalue weighted by atomic mass is 16.1. The zero-order valence-electron chi connectivity index (χ0n) is 10.4. The van der Waals surface area contributed by atoms with Gasteiger partial charge in [-0.2, -0.15) is 0 Å². The molecule has 1 atom stereocenters. The Morgan fingerprint density at radius 1 is 1.50 bits per heavy atom. The predicted octanol–water partition coefficient (Wildman–Crippen LogP) is 1.35. The van der Waals surface area contributed by atoms with Gasteiger partial charge in [-0.15, -0.1) is 0 Å². The third-order valence-electron chi connectivity index (χ3n) is 2.89. The first-order valence-electron chi connectivity index (χ1n) is 5.73. The number of hydrogen-bond donors (Lipinski definition) is 2. The fourth-order valence-corrected chi connectivity index (χ4v) is 1.76. The lowest BCUT2D eigenvalue weighted by Crippen LogP contribution is -2.36. The van der Waals surface area contributed by atoms with Gasteiger partial charge in [0.1, 0.15) is 5.82 Å². The van der Waals surface area contributed by atoms with Crippen LogP contribution in [-0.4, -0.2) is 22.3 Å². The summed E-state index contributed by atoms with van der Waals surface area (Å²) in [5.41, 5.74) is 8.34. The van der Waals surface area contributed by atoms with Crippen LogP contribution in [0, 0.1) is 6.92 Å². The molecule has 1 unspecified atom stereocenters. The van der Waals surface area contributed by atoms with Crippen LogP contribution in [0.2, 0.25) is 0 Å². The number of aromatic nitrogens is 1. The summed E-state index contributed by atoms with van der Waals surface area (Å²) in [5, 5.41) is 3.16. The number of nitrogens with two attached hydrogens (primary N) is 1. The molecule has 5 nitrogen and oxygen atoms in total. The molecule has 0 fully saturated rings. The van der Waals surface area contributed by atoms with Gasteiger partial charge in [0.05, 0.1) is 17.4 Å². The van der Waals surface area contributed by atoms with E-state index in [0.29, 0.717) is 5.70 Å². The molecule has 0 radical (unpaired) electrons. The summed E-state index contributed by atoms with van der Waals surface area (Å²) >= 11 is 0. The maximum absolute atomic E-state index is 10.8. The van der Waals surface area contributed by atoms with Gasteiger partial charge < -0.3 is 16.0 Å². The van der Waals surface area contributed by atoms with Crippen LogP contribution in [0.4, 0.5) is 5.82 Å². The summed E-state index contributed by atoms with van der Waals surface area (Å²) in [6, 6.07) is 5.57. The highest BCUT2D eigenvalue weighted by molar-refractivity contribution is 5.56. The summed E-state index contributed by atoms with van der Waals surface area (Å²) in [7, 11) is 0. The van der Waals surface area contributed by atoms with E-state index in [9.17, 15) is 4.79 Å². The summed E-state index contributed by atoms with van der Waals surface area (Å²) in [5.74, 6) is 0.740. The number of hydrogen-bond acceptors (Lipinski definition) is 4. The maximum atomic E-state index is 10.8. The van der Waals surface area contributed by atoms with Crippen LogP contribution in [0.15, 0.2) is 41.9 Å². The number of amides is 1. The van der Waals surface area contributed by atoms with Gasteiger partial charge in [0.25, 0.3) is 0 Å². The minimum Gasteiger partial charge on any atom is -0.399 e. The number of carbonyl (C=O) groups excluding carboxylic acids is 1. The number of aryl methyl sites for hydroxylation is 1. The van der Waals surface area contributed by atoms with E-state index in [2.05, 4.69) is 10.3 Å². The average molecular weight is 244 g/mol. The number of carbonyl (C=O) groups is 1. The molecule has 18 heavy (non-hydrogen) atoms. The quantitative estimate of drug-likeness (QED) is 0.787. The van der Waals surface area contributed by atoms with E-state index < -0.39 is 0 Å². The molecule has 0 saturated heterocycles. The van der Waals surface area contributed by atoms with Crippen molar-refractivity contribution in [3.63, 3.8) is 0 Å². The van der Waals surface area contributed by atoms with Crippen LogP contribution in [0.1, 0.15) is 12.6 Å². The van der Waals surface area contributed by atoms with E-state index in [4.69, 9.17) is 5.73 Å². The number of allylic oxidation sites excluding steroid dienone is 1. The number of pyridine rings is 1. The lowest BCUT2D eigenvalue weighted by Gasteiger charge is -2.27. The fraction of sp³-hybridized carbons (Fsp3) is 0.231. The summed E-state index contributed by atoms with van der Waals surface area (Å²) in [6.07, 6.45) is 4.23. The number of nitrogens with zero attached hydrogens (tertiary/aromatic N) is 2. The SMILES string of the molecule is Cc1cccc(NC2=C(N)C(C)N(C=O)C=C2)n1. The van der Waals surface area contributed by atoms with Crippen LogP contribution >= 0.6 is 0 Å². The van der Waals surface area contributed by atoms with E-state index in [1.54, 1.807) is 12.3 Å². The largest absolute Gasteiger partial charge is 0.399 e. The van der Waals surface area contributed by atoms with Gasteiger partial charge in [-0.05, 0) is 32.1 Å². The Hall–Kier alpha value is -2.30. The van der Waals surface area contributed by atoms with Crippen LogP contribution in [0.25, 0.3) is 0 Å². The molecule has 2 rings (SSSR count). The van der Waals surface area contributed by atoms with Crippen molar-refractivity contribution in [2.75, 3.05) is 5.32 Å². The smallest absolute Gasteiger partial charge is 0.214 e. The molecule has 1 amide bonds. The van der Waals surface area contributed by atoms with Crippen LogP contribution < -0.4 is 11.1 Å².